The quantitative estimate of drug-likeness (QED) is 0.571. The van der Waals surface area contributed by atoms with E-state index in [4.69, 9.17) is 0 Å². The summed E-state index contributed by atoms with van der Waals surface area (Å²) in [5, 5.41) is 2.85. The summed E-state index contributed by atoms with van der Waals surface area (Å²) in [5.74, 6) is 0.282. The highest BCUT2D eigenvalue weighted by molar-refractivity contribution is 5.93. The minimum Gasteiger partial charge on any atom is -0.345 e. The molecule has 0 radical (unpaired) electrons. The molecule has 148 valence electrons. The molecule has 3 rings (SSSR count). The maximum absolute atomic E-state index is 12.8. The van der Waals surface area contributed by atoms with E-state index in [-0.39, 0.29) is 24.9 Å². The van der Waals surface area contributed by atoms with Crippen LogP contribution in [0, 0.1) is 0 Å². The van der Waals surface area contributed by atoms with Gasteiger partial charge in [-0.1, -0.05) is 24.3 Å². The summed E-state index contributed by atoms with van der Waals surface area (Å²) in [6, 6.07) is 11.0. The lowest BCUT2D eigenvalue weighted by Gasteiger charge is -2.20. The van der Waals surface area contributed by atoms with Crippen molar-refractivity contribution in [3.63, 3.8) is 0 Å². The van der Waals surface area contributed by atoms with Gasteiger partial charge < -0.3 is 14.8 Å². The number of amides is 2. The van der Waals surface area contributed by atoms with Crippen molar-refractivity contribution in [2.45, 2.75) is 13.1 Å². The average Bonchev–Trinajstić information content (AvgIpc) is 3.10. The normalized spacial score (nSPS) is 10.5. The zero-order chi connectivity index (χ0) is 20.6. The molecule has 3 aromatic rings. The first kappa shape index (κ1) is 20.0. The fourth-order valence-electron chi connectivity index (χ4n) is 3.02. The Morgan fingerprint density at radius 2 is 1.86 bits per heavy atom. The molecule has 0 bridgehead atoms. The van der Waals surface area contributed by atoms with Crippen LogP contribution in [0.4, 0.5) is 0 Å². The van der Waals surface area contributed by atoms with Crippen molar-refractivity contribution in [3.05, 3.63) is 85.5 Å². The van der Waals surface area contributed by atoms with Crippen LogP contribution < -0.4 is 5.32 Å². The topological polar surface area (TPSA) is 80.1 Å². The first-order valence-electron chi connectivity index (χ1n) is 9.26. The Bertz CT molecular complexity index is 1020. The van der Waals surface area contributed by atoms with Crippen molar-refractivity contribution < 1.29 is 9.59 Å². The number of carbonyl (C=O) groups is 2. The highest BCUT2D eigenvalue weighted by atomic mass is 16.2. The minimum absolute atomic E-state index is 0.0761. The van der Waals surface area contributed by atoms with Gasteiger partial charge in [0, 0.05) is 25.5 Å². The number of rotatable bonds is 9. The number of aromatic nitrogens is 3. The van der Waals surface area contributed by atoms with Crippen molar-refractivity contribution >= 4 is 22.8 Å². The molecule has 2 amide bonds. The van der Waals surface area contributed by atoms with Gasteiger partial charge >= 0.3 is 0 Å². The Morgan fingerprint density at radius 1 is 1.10 bits per heavy atom. The third-order valence-electron chi connectivity index (χ3n) is 4.41. The zero-order valence-corrected chi connectivity index (χ0v) is 16.1. The molecule has 7 heteroatoms. The van der Waals surface area contributed by atoms with Gasteiger partial charge in [0.15, 0.2) is 0 Å². The monoisotopic (exact) mass is 389 g/mol. The van der Waals surface area contributed by atoms with E-state index in [1.54, 1.807) is 35.4 Å². The fourth-order valence-corrected chi connectivity index (χ4v) is 3.02. The first-order chi connectivity index (χ1) is 14.1. The summed E-state index contributed by atoms with van der Waals surface area (Å²) in [6.07, 6.45) is 6.48. The molecule has 1 aromatic carbocycles. The smallest absolute Gasteiger partial charge is 0.253 e. The molecule has 0 unspecified atom stereocenters. The van der Waals surface area contributed by atoms with Gasteiger partial charge in [-0.25, -0.2) is 4.98 Å². The maximum Gasteiger partial charge on any atom is 0.253 e. The molecule has 2 heterocycles. The molecular formula is C22H23N5O2. The van der Waals surface area contributed by atoms with E-state index in [2.05, 4.69) is 28.4 Å². The van der Waals surface area contributed by atoms with Gasteiger partial charge in [0.25, 0.3) is 5.91 Å². The standard InChI is InChI=1S/C22H23N5O2/c1-3-12-26(13-4-2)21(28)16-27-19-10-6-5-9-18(19)25-20(27)15-24-22(29)17-8-7-11-23-14-17/h3-11,14H,1-2,12-13,15-16H2,(H,24,29). The summed E-state index contributed by atoms with van der Waals surface area (Å²) in [7, 11) is 0. The Labute approximate surface area is 169 Å². The molecule has 29 heavy (non-hydrogen) atoms. The predicted molar refractivity (Wildman–Crippen MR) is 112 cm³/mol. The van der Waals surface area contributed by atoms with Crippen LogP contribution in [0.25, 0.3) is 11.0 Å². The molecule has 0 saturated heterocycles. The zero-order valence-electron chi connectivity index (χ0n) is 16.1. The van der Waals surface area contributed by atoms with E-state index >= 15 is 0 Å². The van der Waals surface area contributed by atoms with Gasteiger partial charge in [0.05, 0.1) is 23.1 Å². The number of nitrogens with one attached hydrogen (secondary N) is 1. The molecule has 1 N–H and O–H groups in total. The summed E-state index contributed by atoms with van der Waals surface area (Å²) >= 11 is 0. The second-order valence-electron chi connectivity index (χ2n) is 6.40. The van der Waals surface area contributed by atoms with E-state index < -0.39 is 0 Å². The molecule has 7 nitrogen and oxygen atoms in total. The fraction of sp³-hybridized carbons (Fsp3) is 0.182. The molecule has 0 spiro atoms. The second kappa shape index (κ2) is 9.45. The van der Waals surface area contributed by atoms with E-state index in [1.165, 1.54) is 6.20 Å². The largest absolute Gasteiger partial charge is 0.345 e. The number of para-hydroxylation sites is 2. The van der Waals surface area contributed by atoms with E-state index in [1.807, 2.05) is 28.8 Å². The lowest BCUT2D eigenvalue weighted by atomic mass is 10.3. The number of nitrogens with zero attached hydrogens (tertiary/aromatic N) is 4. The van der Waals surface area contributed by atoms with Crippen LogP contribution in [-0.2, 0) is 17.9 Å². The molecule has 0 atom stereocenters. The SMILES string of the molecule is C=CCN(CC=C)C(=O)Cn1c(CNC(=O)c2cccnc2)nc2ccccc21. The van der Waals surface area contributed by atoms with E-state index in [9.17, 15) is 9.59 Å². The van der Waals surface area contributed by atoms with Crippen LogP contribution >= 0.6 is 0 Å². The molecule has 0 aliphatic rings. The highest BCUT2D eigenvalue weighted by Gasteiger charge is 2.17. The number of carbonyl (C=O) groups excluding carboxylic acids is 2. The Morgan fingerprint density at radius 3 is 2.55 bits per heavy atom. The van der Waals surface area contributed by atoms with E-state index in [0.717, 1.165) is 11.0 Å². The number of hydrogen-bond acceptors (Lipinski definition) is 4. The predicted octanol–water partition coefficient (Wildman–Crippen LogP) is 2.56. The van der Waals surface area contributed by atoms with Gasteiger partial charge in [0.2, 0.25) is 5.91 Å². The molecule has 0 aliphatic heterocycles. The van der Waals surface area contributed by atoms with Crippen molar-refractivity contribution in [2.75, 3.05) is 13.1 Å². The van der Waals surface area contributed by atoms with Crippen molar-refractivity contribution in [1.82, 2.24) is 24.8 Å². The van der Waals surface area contributed by atoms with Crippen LogP contribution in [0.2, 0.25) is 0 Å². The summed E-state index contributed by atoms with van der Waals surface area (Å²) < 4.78 is 1.83. The Balaban J connectivity index is 1.84. The summed E-state index contributed by atoms with van der Waals surface area (Å²) in [6.45, 7) is 8.59. The van der Waals surface area contributed by atoms with Gasteiger partial charge in [-0.05, 0) is 24.3 Å². The number of pyridine rings is 1. The van der Waals surface area contributed by atoms with Crippen LogP contribution in [0.5, 0.6) is 0 Å². The first-order valence-corrected chi connectivity index (χ1v) is 9.26. The number of imidazole rings is 1. The lowest BCUT2D eigenvalue weighted by molar-refractivity contribution is -0.130. The van der Waals surface area contributed by atoms with Crippen molar-refractivity contribution in [3.8, 4) is 0 Å². The van der Waals surface area contributed by atoms with Crippen LogP contribution in [-0.4, -0.2) is 44.3 Å². The van der Waals surface area contributed by atoms with Crippen molar-refractivity contribution in [2.24, 2.45) is 0 Å². The molecule has 0 saturated carbocycles. The van der Waals surface area contributed by atoms with Crippen LogP contribution in [0.3, 0.4) is 0 Å². The van der Waals surface area contributed by atoms with Crippen LogP contribution in [0.15, 0.2) is 74.1 Å². The van der Waals surface area contributed by atoms with Crippen molar-refractivity contribution in [1.29, 1.82) is 0 Å². The van der Waals surface area contributed by atoms with Gasteiger partial charge in [-0.3, -0.25) is 14.6 Å². The van der Waals surface area contributed by atoms with Crippen LogP contribution in [0.1, 0.15) is 16.2 Å². The van der Waals surface area contributed by atoms with Gasteiger partial charge in [-0.15, -0.1) is 13.2 Å². The third-order valence-corrected chi connectivity index (χ3v) is 4.41. The lowest BCUT2D eigenvalue weighted by Crippen LogP contribution is -2.35. The third kappa shape index (κ3) is 4.76. The van der Waals surface area contributed by atoms with Gasteiger partial charge in [-0.2, -0.15) is 0 Å². The Kier molecular flexibility index (Phi) is 6.52. The second-order valence-corrected chi connectivity index (χ2v) is 6.40. The molecule has 2 aromatic heterocycles. The van der Waals surface area contributed by atoms with E-state index in [0.29, 0.717) is 24.5 Å². The average molecular weight is 389 g/mol. The molecule has 0 aliphatic carbocycles. The number of hydrogen-bond donors (Lipinski definition) is 1. The van der Waals surface area contributed by atoms with Gasteiger partial charge in [0.1, 0.15) is 12.4 Å². The Hall–Kier alpha value is -3.74. The molecular weight excluding hydrogens is 366 g/mol. The number of fused-ring (bicyclic) bond motifs is 1. The summed E-state index contributed by atoms with van der Waals surface area (Å²) in [5.41, 5.74) is 2.07. The maximum atomic E-state index is 12.8. The number of benzene rings is 1. The highest BCUT2D eigenvalue weighted by Crippen LogP contribution is 2.16. The summed E-state index contributed by atoms with van der Waals surface area (Å²) in [4.78, 5) is 35.4. The molecule has 0 fully saturated rings. The minimum atomic E-state index is -0.247.